The Bertz CT molecular complexity index is 1310. The Balaban J connectivity index is 1.47. The molecule has 1 fully saturated rings. The van der Waals surface area contributed by atoms with Crippen LogP contribution in [-0.2, 0) is 27.4 Å². The van der Waals surface area contributed by atoms with E-state index in [-0.39, 0.29) is 31.0 Å². The van der Waals surface area contributed by atoms with Crippen molar-refractivity contribution in [3.05, 3.63) is 83.8 Å². The molecule has 9 heteroatoms. The highest BCUT2D eigenvalue weighted by Crippen LogP contribution is 2.26. The summed E-state index contributed by atoms with van der Waals surface area (Å²) >= 11 is 0. The van der Waals surface area contributed by atoms with E-state index in [1.807, 2.05) is 55.5 Å². The monoisotopic (exact) mass is 487 g/mol. The third-order valence-corrected chi connectivity index (χ3v) is 6.41. The van der Waals surface area contributed by atoms with Crippen LogP contribution in [-0.4, -0.2) is 51.0 Å². The van der Waals surface area contributed by atoms with E-state index in [4.69, 9.17) is 9.15 Å². The van der Waals surface area contributed by atoms with E-state index in [9.17, 15) is 9.59 Å². The maximum Gasteiger partial charge on any atom is 0.247 e. The molecule has 0 unspecified atom stereocenters. The van der Waals surface area contributed by atoms with Crippen LogP contribution in [0.1, 0.15) is 35.8 Å². The summed E-state index contributed by atoms with van der Waals surface area (Å²) in [6, 6.07) is 17.8. The Morgan fingerprint density at radius 1 is 1.14 bits per heavy atom. The average molecular weight is 488 g/mol. The number of aryl methyl sites for hydroxylation is 1. The first-order chi connectivity index (χ1) is 17.6. The minimum atomic E-state index is -0.862. The number of carbonyl (C=O) groups is 2. The normalized spacial score (nSPS) is 16.2. The van der Waals surface area contributed by atoms with Gasteiger partial charge in [-0.15, -0.1) is 5.10 Å². The molecule has 186 valence electrons. The van der Waals surface area contributed by atoms with Crippen molar-refractivity contribution in [3.8, 4) is 0 Å². The first-order valence-corrected chi connectivity index (χ1v) is 12.1. The number of hydrogen-bond acceptors (Lipinski definition) is 6. The Morgan fingerprint density at radius 2 is 1.97 bits per heavy atom. The van der Waals surface area contributed by atoms with Gasteiger partial charge >= 0.3 is 0 Å². The zero-order chi connectivity index (χ0) is 24.9. The molecule has 0 saturated carbocycles. The van der Waals surface area contributed by atoms with E-state index in [0.717, 1.165) is 23.9 Å². The van der Waals surface area contributed by atoms with E-state index < -0.39 is 6.04 Å². The summed E-state index contributed by atoms with van der Waals surface area (Å²) < 4.78 is 12.8. The van der Waals surface area contributed by atoms with Crippen LogP contribution in [0.25, 0.3) is 11.0 Å². The van der Waals surface area contributed by atoms with Crippen LogP contribution < -0.4 is 5.32 Å². The van der Waals surface area contributed by atoms with E-state index in [2.05, 4.69) is 15.6 Å². The molecule has 0 radical (unpaired) electrons. The van der Waals surface area contributed by atoms with Crippen LogP contribution in [0.15, 0.2) is 71.3 Å². The predicted molar refractivity (Wildman–Crippen MR) is 133 cm³/mol. The van der Waals surface area contributed by atoms with Crippen molar-refractivity contribution in [1.82, 2.24) is 25.2 Å². The van der Waals surface area contributed by atoms with Gasteiger partial charge in [-0.05, 0) is 49.6 Å². The fourth-order valence-electron chi connectivity index (χ4n) is 4.48. The van der Waals surface area contributed by atoms with Gasteiger partial charge in [0.1, 0.15) is 23.9 Å². The topological polar surface area (TPSA) is 102 Å². The maximum atomic E-state index is 13.8. The largest absolute Gasteiger partial charge is 0.467 e. The van der Waals surface area contributed by atoms with Crippen molar-refractivity contribution in [2.75, 3.05) is 13.2 Å². The van der Waals surface area contributed by atoms with Crippen LogP contribution >= 0.6 is 0 Å². The van der Waals surface area contributed by atoms with E-state index in [0.29, 0.717) is 30.0 Å². The van der Waals surface area contributed by atoms with Gasteiger partial charge < -0.3 is 19.4 Å². The van der Waals surface area contributed by atoms with Gasteiger partial charge in [0.05, 0.1) is 24.4 Å². The summed E-state index contributed by atoms with van der Waals surface area (Å²) in [6.45, 7) is 3.15. The number of para-hydroxylation sites is 1. The van der Waals surface area contributed by atoms with Crippen LogP contribution in [0, 0.1) is 6.92 Å². The zero-order valence-electron chi connectivity index (χ0n) is 20.2. The van der Waals surface area contributed by atoms with E-state index in [1.165, 1.54) is 0 Å². The van der Waals surface area contributed by atoms with E-state index in [1.54, 1.807) is 28.0 Å². The summed E-state index contributed by atoms with van der Waals surface area (Å²) in [7, 11) is 0. The quantitative estimate of drug-likeness (QED) is 0.388. The molecular formula is C27H29N5O4. The molecule has 0 bridgehead atoms. The SMILES string of the molecule is Cc1ccc([C@@H](C(=O)NC[C@H]2CCCO2)N(Cc2ccco2)C(=O)Cn2nnc3ccccc32)cc1. The lowest BCUT2D eigenvalue weighted by Gasteiger charge is -2.31. The van der Waals surface area contributed by atoms with Gasteiger partial charge in [0.2, 0.25) is 11.8 Å². The van der Waals surface area contributed by atoms with E-state index >= 15 is 0 Å². The lowest BCUT2D eigenvalue weighted by molar-refractivity contribution is -0.142. The molecule has 1 aliphatic heterocycles. The fraction of sp³-hybridized carbons (Fsp3) is 0.333. The Hall–Kier alpha value is -3.98. The molecule has 2 amide bonds. The standard InChI is InChI=1S/C27H29N5O4/c1-19-10-12-20(13-11-19)26(27(34)28-16-21-6-4-14-35-21)31(17-22-7-5-15-36-22)25(33)18-32-24-9-3-2-8-23(24)29-30-32/h2-3,5,7-13,15,21,26H,4,6,14,16-18H2,1H3,(H,28,34)/t21-,26+/m1/s1. The molecular weight excluding hydrogens is 458 g/mol. The molecule has 4 aromatic rings. The number of aromatic nitrogens is 3. The molecule has 2 aromatic carbocycles. The minimum absolute atomic E-state index is 0.0108. The number of furan rings is 1. The van der Waals surface area contributed by atoms with Gasteiger partial charge in [-0.2, -0.15) is 0 Å². The van der Waals surface area contributed by atoms with Crippen molar-refractivity contribution in [1.29, 1.82) is 0 Å². The Kier molecular flexibility index (Phi) is 7.08. The molecule has 2 atom stereocenters. The number of amides is 2. The molecule has 3 heterocycles. The third kappa shape index (κ3) is 5.31. The van der Waals surface area contributed by atoms with Crippen molar-refractivity contribution in [3.63, 3.8) is 0 Å². The lowest BCUT2D eigenvalue weighted by atomic mass is 10.0. The Labute approximate surface area is 209 Å². The van der Waals surface area contributed by atoms with Crippen molar-refractivity contribution >= 4 is 22.8 Å². The second-order valence-corrected chi connectivity index (χ2v) is 9.03. The fourth-order valence-corrected chi connectivity index (χ4v) is 4.48. The van der Waals surface area contributed by atoms with Crippen molar-refractivity contribution in [2.24, 2.45) is 0 Å². The van der Waals surface area contributed by atoms with Crippen LogP contribution in [0.3, 0.4) is 0 Å². The number of benzene rings is 2. The highest BCUT2D eigenvalue weighted by Gasteiger charge is 2.33. The molecule has 1 aliphatic rings. The van der Waals surface area contributed by atoms with Crippen molar-refractivity contribution in [2.45, 2.75) is 45.0 Å². The van der Waals surface area contributed by atoms with Gasteiger partial charge in [-0.3, -0.25) is 9.59 Å². The van der Waals surface area contributed by atoms with Gasteiger partial charge in [-0.1, -0.05) is 47.2 Å². The van der Waals surface area contributed by atoms with Gasteiger partial charge in [-0.25, -0.2) is 4.68 Å². The first-order valence-electron chi connectivity index (χ1n) is 12.1. The number of hydrogen-bond donors (Lipinski definition) is 1. The number of nitrogens with zero attached hydrogens (tertiary/aromatic N) is 4. The smallest absolute Gasteiger partial charge is 0.247 e. The first kappa shape index (κ1) is 23.7. The molecule has 5 rings (SSSR count). The number of nitrogens with one attached hydrogen (secondary N) is 1. The highest BCUT2D eigenvalue weighted by molar-refractivity contribution is 5.89. The molecule has 1 N–H and O–H groups in total. The van der Waals surface area contributed by atoms with Crippen LogP contribution in [0.2, 0.25) is 0 Å². The predicted octanol–water partition coefficient (Wildman–Crippen LogP) is 3.40. The third-order valence-electron chi connectivity index (χ3n) is 6.41. The van der Waals surface area contributed by atoms with Gasteiger partial charge in [0, 0.05) is 13.2 Å². The molecule has 1 saturated heterocycles. The second-order valence-electron chi connectivity index (χ2n) is 9.03. The summed E-state index contributed by atoms with van der Waals surface area (Å²) in [4.78, 5) is 29.0. The minimum Gasteiger partial charge on any atom is -0.467 e. The molecule has 9 nitrogen and oxygen atoms in total. The summed E-state index contributed by atoms with van der Waals surface area (Å²) in [5.41, 5.74) is 3.23. The van der Waals surface area contributed by atoms with Crippen LogP contribution in [0.4, 0.5) is 0 Å². The second kappa shape index (κ2) is 10.7. The van der Waals surface area contributed by atoms with Crippen molar-refractivity contribution < 1.29 is 18.7 Å². The number of carbonyl (C=O) groups excluding carboxylic acids is 2. The Morgan fingerprint density at radius 3 is 2.72 bits per heavy atom. The average Bonchev–Trinajstić information content (AvgIpc) is 3.67. The van der Waals surface area contributed by atoms with Gasteiger partial charge in [0.15, 0.2) is 0 Å². The lowest BCUT2D eigenvalue weighted by Crippen LogP contribution is -2.46. The van der Waals surface area contributed by atoms with Gasteiger partial charge in [0.25, 0.3) is 0 Å². The molecule has 0 aliphatic carbocycles. The zero-order valence-corrected chi connectivity index (χ0v) is 20.2. The highest BCUT2D eigenvalue weighted by atomic mass is 16.5. The summed E-state index contributed by atoms with van der Waals surface area (Å²) in [5, 5.41) is 11.3. The number of fused-ring (bicyclic) bond motifs is 1. The number of ether oxygens (including phenoxy) is 1. The molecule has 36 heavy (non-hydrogen) atoms. The summed E-state index contributed by atoms with van der Waals surface area (Å²) in [6.07, 6.45) is 3.44. The maximum absolute atomic E-state index is 13.8. The van der Waals surface area contributed by atoms with Crippen LogP contribution in [0.5, 0.6) is 0 Å². The molecule has 2 aromatic heterocycles. The molecule has 0 spiro atoms. The number of rotatable bonds is 9. The summed E-state index contributed by atoms with van der Waals surface area (Å²) in [5.74, 6) is 0.0356.